The Morgan fingerprint density at radius 3 is 2.83 bits per heavy atom. The lowest BCUT2D eigenvalue weighted by Crippen LogP contribution is -2.16. The molecule has 7 nitrogen and oxygen atoms in total. The van der Waals surface area contributed by atoms with Gasteiger partial charge in [0.1, 0.15) is 18.0 Å². The molecule has 0 amide bonds. The molecule has 0 aromatic carbocycles. The molecular weight excluding hydrogens is 230 g/mol. The van der Waals surface area contributed by atoms with Crippen molar-refractivity contribution in [3.05, 3.63) is 30.4 Å². The Hall–Kier alpha value is -2.15. The van der Waals surface area contributed by atoms with Gasteiger partial charge in [-0.2, -0.15) is 5.10 Å². The minimum absolute atomic E-state index is 0.661. The minimum atomic E-state index is 0.661. The molecule has 2 aromatic heterocycles. The Bertz CT molecular complexity index is 480. The van der Waals surface area contributed by atoms with Crippen LogP contribution in [0.3, 0.4) is 0 Å². The maximum Gasteiger partial charge on any atom is 0.148 e. The topological polar surface area (TPSA) is 93.7 Å². The third kappa shape index (κ3) is 2.75. The molecule has 96 valence electrons. The monoisotopic (exact) mass is 247 g/mol. The Morgan fingerprint density at radius 1 is 1.33 bits per heavy atom. The average molecular weight is 247 g/mol. The summed E-state index contributed by atoms with van der Waals surface area (Å²) in [5.74, 6) is 6.89. The molecule has 0 aliphatic rings. The first-order valence-electron chi connectivity index (χ1n) is 5.87. The van der Waals surface area contributed by atoms with Crippen LogP contribution < -0.4 is 16.6 Å². The fourth-order valence-corrected chi connectivity index (χ4v) is 1.75. The van der Waals surface area contributed by atoms with Crippen molar-refractivity contribution < 1.29 is 0 Å². The number of nitrogens with two attached hydrogens (primary N) is 1. The predicted octanol–water partition coefficient (Wildman–Crippen LogP) is 0.633. The van der Waals surface area contributed by atoms with Gasteiger partial charge in [-0.3, -0.25) is 4.68 Å². The number of rotatable bonds is 6. The molecule has 0 spiro atoms. The van der Waals surface area contributed by atoms with E-state index >= 15 is 0 Å². The van der Waals surface area contributed by atoms with Crippen molar-refractivity contribution in [2.24, 2.45) is 5.84 Å². The second kappa shape index (κ2) is 5.97. The van der Waals surface area contributed by atoms with E-state index in [1.807, 2.05) is 23.9 Å². The third-order valence-corrected chi connectivity index (χ3v) is 2.63. The first-order chi connectivity index (χ1) is 8.85. The van der Waals surface area contributed by atoms with Crippen LogP contribution >= 0.6 is 0 Å². The van der Waals surface area contributed by atoms with Crippen LogP contribution in [0.15, 0.2) is 24.8 Å². The van der Waals surface area contributed by atoms with E-state index < -0.39 is 0 Å². The zero-order chi connectivity index (χ0) is 12.8. The zero-order valence-electron chi connectivity index (χ0n) is 10.3. The first kappa shape index (κ1) is 12.3. The lowest BCUT2D eigenvalue weighted by atomic mass is 10.2. The van der Waals surface area contributed by atoms with Gasteiger partial charge in [-0.15, -0.1) is 0 Å². The molecule has 18 heavy (non-hydrogen) atoms. The molecule has 0 atom stereocenters. The van der Waals surface area contributed by atoms with Crippen LogP contribution in [-0.4, -0.2) is 26.3 Å². The molecule has 0 aliphatic carbocycles. The van der Waals surface area contributed by atoms with Crippen molar-refractivity contribution in [1.82, 2.24) is 19.7 Å². The summed E-state index contributed by atoms with van der Waals surface area (Å²) < 4.78 is 1.86. The molecule has 0 bridgehead atoms. The Balaban J connectivity index is 2.00. The Kier molecular flexibility index (Phi) is 4.08. The average Bonchev–Trinajstić information content (AvgIpc) is 2.91. The molecule has 4 N–H and O–H groups in total. The predicted molar refractivity (Wildman–Crippen MR) is 69.9 cm³/mol. The van der Waals surface area contributed by atoms with Crippen molar-refractivity contribution in [3.8, 4) is 0 Å². The minimum Gasteiger partial charge on any atom is -0.368 e. The summed E-state index contributed by atoms with van der Waals surface area (Å²) in [6.45, 7) is 3.57. The number of hydrogen-bond acceptors (Lipinski definition) is 6. The second-order valence-electron chi connectivity index (χ2n) is 3.74. The smallest absolute Gasteiger partial charge is 0.148 e. The SMILES string of the molecule is CCc1c(NN)ncnc1NCCn1cccn1. The van der Waals surface area contributed by atoms with Crippen LogP contribution in [0.4, 0.5) is 11.6 Å². The van der Waals surface area contributed by atoms with E-state index in [1.54, 1.807) is 6.20 Å². The highest BCUT2D eigenvalue weighted by molar-refractivity contribution is 5.56. The molecular formula is C11H17N7. The van der Waals surface area contributed by atoms with Gasteiger partial charge in [0, 0.05) is 24.5 Å². The highest BCUT2D eigenvalue weighted by atomic mass is 15.3. The molecule has 0 aliphatic heterocycles. The van der Waals surface area contributed by atoms with Gasteiger partial charge in [0.15, 0.2) is 0 Å². The summed E-state index contributed by atoms with van der Waals surface area (Å²) >= 11 is 0. The van der Waals surface area contributed by atoms with E-state index in [0.29, 0.717) is 5.82 Å². The number of anilines is 2. The maximum atomic E-state index is 5.42. The summed E-state index contributed by atoms with van der Waals surface area (Å²) in [4.78, 5) is 8.31. The number of hydrogen-bond donors (Lipinski definition) is 3. The van der Waals surface area contributed by atoms with Crippen molar-refractivity contribution >= 4 is 11.6 Å². The molecule has 0 unspecified atom stereocenters. The van der Waals surface area contributed by atoms with E-state index in [1.165, 1.54) is 6.33 Å². The van der Waals surface area contributed by atoms with E-state index in [0.717, 1.165) is 30.9 Å². The summed E-state index contributed by atoms with van der Waals surface area (Å²) in [5.41, 5.74) is 3.57. The van der Waals surface area contributed by atoms with Gasteiger partial charge in [-0.25, -0.2) is 15.8 Å². The molecule has 0 fully saturated rings. The summed E-state index contributed by atoms with van der Waals surface area (Å²) in [6, 6.07) is 1.90. The summed E-state index contributed by atoms with van der Waals surface area (Å²) in [5, 5.41) is 7.40. The molecule has 2 aromatic rings. The van der Waals surface area contributed by atoms with Gasteiger partial charge in [0.2, 0.25) is 0 Å². The quantitative estimate of drug-likeness (QED) is 0.512. The fourth-order valence-electron chi connectivity index (χ4n) is 1.75. The van der Waals surface area contributed by atoms with Gasteiger partial charge in [0.05, 0.1) is 6.54 Å². The fraction of sp³-hybridized carbons (Fsp3) is 0.364. The zero-order valence-corrected chi connectivity index (χ0v) is 10.3. The van der Waals surface area contributed by atoms with Crippen LogP contribution in [0.2, 0.25) is 0 Å². The molecule has 2 heterocycles. The van der Waals surface area contributed by atoms with Crippen molar-refractivity contribution in [2.75, 3.05) is 17.3 Å². The largest absolute Gasteiger partial charge is 0.368 e. The van der Waals surface area contributed by atoms with E-state index in [4.69, 9.17) is 5.84 Å². The van der Waals surface area contributed by atoms with Crippen LogP contribution in [0.1, 0.15) is 12.5 Å². The first-order valence-corrected chi connectivity index (χ1v) is 5.87. The number of nitrogens with zero attached hydrogens (tertiary/aromatic N) is 4. The highest BCUT2D eigenvalue weighted by Crippen LogP contribution is 2.19. The van der Waals surface area contributed by atoms with E-state index in [-0.39, 0.29) is 0 Å². The normalized spacial score (nSPS) is 10.3. The maximum absolute atomic E-state index is 5.42. The number of nitrogen functional groups attached to an aromatic ring is 1. The third-order valence-electron chi connectivity index (χ3n) is 2.63. The van der Waals surface area contributed by atoms with Gasteiger partial charge < -0.3 is 10.7 Å². The Morgan fingerprint density at radius 2 is 2.17 bits per heavy atom. The summed E-state index contributed by atoms with van der Waals surface area (Å²) in [7, 11) is 0. The van der Waals surface area contributed by atoms with Gasteiger partial charge in [0.25, 0.3) is 0 Å². The van der Waals surface area contributed by atoms with Crippen LogP contribution in [-0.2, 0) is 13.0 Å². The van der Waals surface area contributed by atoms with Crippen molar-refractivity contribution in [2.45, 2.75) is 19.9 Å². The van der Waals surface area contributed by atoms with Crippen LogP contribution in [0.5, 0.6) is 0 Å². The van der Waals surface area contributed by atoms with Crippen molar-refractivity contribution in [3.63, 3.8) is 0 Å². The number of nitrogens with one attached hydrogen (secondary N) is 2. The molecule has 0 saturated carbocycles. The van der Waals surface area contributed by atoms with E-state index in [2.05, 4.69) is 25.8 Å². The second-order valence-corrected chi connectivity index (χ2v) is 3.74. The van der Waals surface area contributed by atoms with Crippen molar-refractivity contribution in [1.29, 1.82) is 0 Å². The lowest BCUT2D eigenvalue weighted by Gasteiger charge is -2.12. The number of aromatic nitrogens is 4. The van der Waals surface area contributed by atoms with Crippen LogP contribution in [0, 0.1) is 0 Å². The van der Waals surface area contributed by atoms with Crippen LogP contribution in [0.25, 0.3) is 0 Å². The molecule has 2 rings (SSSR count). The van der Waals surface area contributed by atoms with E-state index in [9.17, 15) is 0 Å². The van der Waals surface area contributed by atoms with Gasteiger partial charge >= 0.3 is 0 Å². The lowest BCUT2D eigenvalue weighted by molar-refractivity contribution is 0.636. The standard InChI is InChI=1S/C11H17N7/c1-2-9-10(14-8-15-11(9)17-12)13-5-7-18-6-3-4-16-18/h3-4,6,8H,2,5,7,12H2,1H3,(H2,13,14,15,17). The molecule has 7 heteroatoms. The van der Waals surface area contributed by atoms with Gasteiger partial charge in [-0.05, 0) is 12.5 Å². The Labute approximate surface area is 105 Å². The molecule has 0 saturated heterocycles. The highest BCUT2D eigenvalue weighted by Gasteiger charge is 2.07. The molecule has 0 radical (unpaired) electrons. The van der Waals surface area contributed by atoms with Gasteiger partial charge in [-0.1, -0.05) is 6.92 Å². The summed E-state index contributed by atoms with van der Waals surface area (Å²) in [6.07, 6.45) is 5.99. The number of hydrazine groups is 1.